The molecule has 11 heavy (non-hydrogen) atoms. The topological polar surface area (TPSA) is 29.5 Å². The summed E-state index contributed by atoms with van der Waals surface area (Å²) in [6.45, 7) is 0.832. The van der Waals surface area contributed by atoms with E-state index >= 15 is 0 Å². The fourth-order valence-electron chi connectivity index (χ4n) is 0.327. The van der Waals surface area contributed by atoms with Crippen molar-refractivity contribution in [2.24, 2.45) is 0 Å². The van der Waals surface area contributed by atoms with Crippen molar-refractivity contribution < 1.29 is 9.08 Å². The van der Waals surface area contributed by atoms with Gasteiger partial charge in [-0.05, 0) is 20.2 Å². The number of carbonyl (C=O) groups excluding carboxylic acids is 1. The number of halogens is 1. The molecule has 0 aromatic carbocycles. The van der Waals surface area contributed by atoms with Crippen molar-refractivity contribution in [3.05, 3.63) is 12.2 Å². The molecule has 0 bridgehead atoms. The van der Waals surface area contributed by atoms with Crippen molar-refractivity contribution in [1.82, 2.24) is 4.90 Å². The van der Waals surface area contributed by atoms with Gasteiger partial charge >= 0.3 is 0 Å². The van der Waals surface area contributed by atoms with Crippen molar-refractivity contribution in [3.8, 4) is 0 Å². The van der Waals surface area contributed by atoms with Crippen LogP contribution in [-0.4, -0.2) is 38.9 Å². The summed E-state index contributed by atoms with van der Waals surface area (Å²) < 4.78 is 3.72. The highest BCUT2D eigenvalue weighted by atomic mass is 35.5. The molecule has 0 saturated carbocycles. The maximum absolute atomic E-state index is 9.68. The van der Waals surface area contributed by atoms with Crippen molar-refractivity contribution in [3.63, 3.8) is 0 Å². The summed E-state index contributed by atoms with van der Waals surface area (Å²) in [5, 5.41) is 0. The molecule has 0 heterocycles. The molecule has 0 saturated heterocycles. The first-order valence-corrected chi connectivity index (χ1v) is 3.39. The summed E-state index contributed by atoms with van der Waals surface area (Å²) in [4.78, 5) is 11.7. The highest BCUT2D eigenvalue weighted by Gasteiger charge is 1.78. The highest BCUT2D eigenvalue weighted by Crippen LogP contribution is 1.73. The Balaban J connectivity index is 0. The summed E-state index contributed by atoms with van der Waals surface area (Å²) in [6, 6.07) is 0. The van der Waals surface area contributed by atoms with Crippen LogP contribution in [0.15, 0.2) is 12.2 Å². The second-order valence-corrected chi connectivity index (χ2v) is 2.29. The predicted molar refractivity (Wildman–Crippen MR) is 46.6 cm³/mol. The number of hydrogen-bond donors (Lipinski definition) is 0. The van der Waals surface area contributed by atoms with Gasteiger partial charge in [-0.1, -0.05) is 6.08 Å². The molecule has 0 aromatic heterocycles. The van der Waals surface area contributed by atoms with Crippen molar-refractivity contribution in [2.75, 3.05) is 27.7 Å². The number of carbonyl (C=O) groups is 1. The molecule has 0 radical (unpaired) electrons. The standard InChI is InChI=1S/C6H11NO.CH3ClO/c1-7(2)5-3-4-6-8;1-3-2/h3-4,6H,5H2,1-2H3;1H3/b4-3+;. The van der Waals surface area contributed by atoms with Crippen LogP contribution in [0.25, 0.3) is 0 Å². The fraction of sp³-hybridized carbons (Fsp3) is 0.571. The number of aldehydes is 1. The van der Waals surface area contributed by atoms with Crippen LogP contribution < -0.4 is 0 Å². The summed E-state index contributed by atoms with van der Waals surface area (Å²) in [5.41, 5.74) is 0. The van der Waals surface area contributed by atoms with Gasteiger partial charge in [0.1, 0.15) is 6.29 Å². The molecule has 0 aliphatic heterocycles. The minimum atomic E-state index is 0.781. The Kier molecular flexibility index (Phi) is 14.8. The highest BCUT2D eigenvalue weighted by molar-refractivity contribution is 6.07. The van der Waals surface area contributed by atoms with Gasteiger partial charge in [0.2, 0.25) is 0 Å². The lowest BCUT2D eigenvalue weighted by molar-refractivity contribution is -0.104. The first kappa shape index (κ1) is 13.2. The zero-order valence-electron chi connectivity index (χ0n) is 7.08. The Morgan fingerprint density at radius 3 is 2.27 bits per heavy atom. The van der Waals surface area contributed by atoms with Crippen LogP contribution in [0.4, 0.5) is 0 Å². The predicted octanol–water partition coefficient (Wildman–Crippen LogP) is 1.09. The minimum absolute atomic E-state index is 0.781. The third kappa shape index (κ3) is 26.2. The number of likely N-dealkylation sites (N-methyl/N-ethyl adjacent to an activating group) is 1. The number of allylic oxidation sites excluding steroid dienone is 1. The fourth-order valence-corrected chi connectivity index (χ4v) is 0.327. The molecular weight excluding hydrogens is 166 g/mol. The van der Waals surface area contributed by atoms with E-state index in [9.17, 15) is 4.79 Å². The average Bonchev–Trinajstić information content (AvgIpc) is 1.89. The molecule has 0 rings (SSSR count). The Hall–Kier alpha value is -0.380. The van der Waals surface area contributed by atoms with Crippen LogP contribution in [0.3, 0.4) is 0 Å². The third-order valence-corrected chi connectivity index (χ3v) is 0.685. The van der Waals surface area contributed by atoms with Gasteiger partial charge in [0.25, 0.3) is 0 Å². The van der Waals surface area contributed by atoms with Gasteiger partial charge in [0.05, 0.1) is 19.0 Å². The molecule has 0 fully saturated rings. The lowest BCUT2D eigenvalue weighted by atomic mass is 10.5. The number of rotatable bonds is 3. The summed E-state index contributed by atoms with van der Waals surface area (Å²) in [7, 11) is 5.30. The maximum atomic E-state index is 9.68. The molecule has 3 nitrogen and oxygen atoms in total. The maximum Gasteiger partial charge on any atom is 0.142 e. The molecule has 0 atom stereocenters. The van der Waals surface area contributed by atoms with E-state index in [1.165, 1.54) is 13.2 Å². The van der Waals surface area contributed by atoms with Gasteiger partial charge in [0, 0.05) is 6.54 Å². The van der Waals surface area contributed by atoms with Crippen molar-refractivity contribution >= 4 is 18.2 Å². The summed E-state index contributed by atoms with van der Waals surface area (Å²) in [5.74, 6) is 0. The second-order valence-electron chi connectivity index (χ2n) is 1.98. The molecule has 4 heteroatoms. The van der Waals surface area contributed by atoms with Crippen molar-refractivity contribution in [1.29, 1.82) is 0 Å². The van der Waals surface area contributed by atoms with E-state index in [-0.39, 0.29) is 0 Å². The smallest absolute Gasteiger partial charge is 0.142 e. The number of hydrogen-bond acceptors (Lipinski definition) is 3. The van der Waals surface area contributed by atoms with Crippen LogP contribution >= 0.6 is 11.9 Å². The third-order valence-electron chi connectivity index (χ3n) is 0.685. The molecule has 66 valence electrons. The van der Waals surface area contributed by atoms with E-state index in [0.29, 0.717) is 0 Å². The van der Waals surface area contributed by atoms with Gasteiger partial charge in [-0.2, -0.15) is 0 Å². The Bertz CT molecular complexity index is 105. The molecular formula is C7H14ClNO2. The molecule has 0 aliphatic rings. The lowest BCUT2D eigenvalue weighted by Gasteiger charge is -2.01. The Morgan fingerprint density at radius 2 is 2.00 bits per heavy atom. The summed E-state index contributed by atoms with van der Waals surface area (Å²) in [6.07, 6.45) is 4.09. The minimum Gasteiger partial charge on any atom is -0.306 e. The lowest BCUT2D eigenvalue weighted by Crippen LogP contribution is -2.10. The van der Waals surface area contributed by atoms with Gasteiger partial charge in [-0.25, -0.2) is 0 Å². The van der Waals surface area contributed by atoms with Crippen LogP contribution in [0, 0.1) is 0 Å². The largest absolute Gasteiger partial charge is 0.306 e. The summed E-state index contributed by atoms with van der Waals surface area (Å²) >= 11 is 4.50. The van der Waals surface area contributed by atoms with Crippen LogP contribution in [0.5, 0.6) is 0 Å². The first-order valence-electron chi connectivity index (χ1n) is 3.08. The van der Waals surface area contributed by atoms with E-state index in [2.05, 4.69) is 16.2 Å². The zero-order chi connectivity index (χ0) is 9.11. The molecule has 0 aliphatic carbocycles. The van der Waals surface area contributed by atoms with Gasteiger partial charge < -0.3 is 4.90 Å². The molecule has 0 spiro atoms. The monoisotopic (exact) mass is 179 g/mol. The van der Waals surface area contributed by atoms with Gasteiger partial charge in [0.15, 0.2) is 0 Å². The molecule has 0 aromatic rings. The van der Waals surface area contributed by atoms with Crippen molar-refractivity contribution in [2.45, 2.75) is 0 Å². The average molecular weight is 180 g/mol. The number of nitrogens with zero attached hydrogens (tertiary/aromatic N) is 1. The van der Waals surface area contributed by atoms with Crippen LogP contribution in [0.1, 0.15) is 0 Å². The van der Waals surface area contributed by atoms with E-state index in [0.717, 1.165) is 12.8 Å². The molecule has 0 unspecified atom stereocenters. The molecule has 0 amide bonds. The Morgan fingerprint density at radius 1 is 1.55 bits per heavy atom. The van der Waals surface area contributed by atoms with E-state index in [1.54, 1.807) is 0 Å². The van der Waals surface area contributed by atoms with Gasteiger partial charge in [-0.3, -0.25) is 9.08 Å². The van der Waals surface area contributed by atoms with Crippen LogP contribution in [0.2, 0.25) is 0 Å². The van der Waals surface area contributed by atoms with Gasteiger partial charge in [-0.15, -0.1) is 0 Å². The van der Waals surface area contributed by atoms with E-state index < -0.39 is 0 Å². The second kappa shape index (κ2) is 12.3. The van der Waals surface area contributed by atoms with Crippen LogP contribution in [-0.2, 0) is 9.08 Å². The first-order chi connectivity index (χ1) is 5.18. The van der Waals surface area contributed by atoms with E-state index in [4.69, 9.17) is 0 Å². The molecule has 0 N–H and O–H groups in total. The Labute approximate surface area is 72.8 Å². The normalized spacial score (nSPS) is 9.55. The zero-order valence-corrected chi connectivity index (χ0v) is 7.84. The van der Waals surface area contributed by atoms with E-state index in [1.807, 2.05) is 25.1 Å². The quantitative estimate of drug-likeness (QED) is 0.480. The SMILES string of the molecule is CN(C)C/C=C/C=O.COCl.